The SMILES string of the molecule is O=C(C[C@H](NC(=O)c1ccccc1)c1ccccc1)N/N=C\c1ccccc1OCc1ccc(Br)cc1. The lowest BCUT2D eigenvalue weighted by atomic mass is 10.0. The van der Waals surface area contributed by atoms with E-state index in [1.165, 1.54) is 0 Å². The van der Waals surface area contributed by atoms with E-state index in [9.17, 15) is 9.59 Å². The molecule has 0 aromatic heterocycles. The Morgan fingerprint density at radius 1 is 0.838 bits per heavy atom. The molecule has 7 heteroatoms. The van der Waals surface area contributed by atoms with Gasteiger partial charge in [-0.3, -0.25) is 9.59 Å². The number of hydrogen-bond donors (Lipinski definition) is 2. The lowest BCUT2D eigenvalue weighted by Crippen LogP contribution is -2.32. The first kappa shape index (κ1) is 25.9. The second kappa shape index (κ2) is 13.2. The number of carbonyl (C=O) groups excluding carboxylic acids is 2. The van der Waals surface area contributed by atoms with Gasteiger partial charge in [-0.15, -0.1) is 0 Å². The molecule has 0 fully saturated rings. The third-order valence-corrected chi connectivity index (χ3v) is 6.08. The normalized spacial score (nSPS) is 11.6. The molecule has 4 rings (SSSR count). The van der Waals surface area contributed by atoms with Crippen LogP contribution in [0.5, 0.6) is 5.75 Å². The van der Waals surface area contributed by atoms with Gasteiger partial charge < -0.3 is 10.1 Å². The van der Waals surface area contributed by atoms with E-state index < -0.39 is 6.04 Å². The molecule has 0 heterocycles. The van der Waals surface area contributed by atoms with Gasteiger partial charge in [-0.2, -0.15) is 5.10 Å². The third-order valence-electron chi connectivity index (χ3n) is 5.55. The van der Waals surface area contributed by atoms with Crippen LogP contribution in [0.3, 0.4) is 0 Å². The first-order valence-corrected chi connectivity index (χ1v) is 12.6. The molecule has 186 valence electrons. The van der Waals surface area contributed by atoms with Crippen LogP contribution in [-0.4, -0.2) is 18.0 Å². The predicted molar refractivity (Wildman–Crippen MR) is 148 cm³/mol. The van der Waals surface area contributed by atoms with Crippen molar-refractivity contribution in [2.75, 3.05) is 0 Å². The van der Waals surface area contributed by atoms with E-state index in [-0.39, 0.29) is 18.2 Å². The fourth-order valence-electron chi connectivity index (χ4n) is 3.63. The fraction of sp³-hybridized carbons (Fsp3) is 0.100. The van der Waals surface area contributed by atoms with Crippen LogP contribution in [0.1, 0.15) is 39.5 Å². The Balaban J connectivity index is 1.38. The van der Waals surface area contributed by atoms with Gasteiger partial charge in [0, 0.05) is 15.6 Å². The molecule has 0 saturated carbocycles. The second-order valence-electron chi connectivity index (χ2n) is 8.25. The molecule has 2 amide bonds. The van der Waals surface area contributed by atoms with E-state index in [0.29, 0.717) is 17.9 Å². The number of ether oxygens (including phenoxy) is 1. The lowest BCUT2D eigenvalue weighted by Gasteiger charge is -2.18. The Kier molecular flexibility index (Phi) is 9.21. The summed E-state index contributed by atoms with van der Waals surface area (Å²) >= 11 is 3.43. The van der Waals surface area contributed by atoms with E-state index >= 15 is 0 Å². The smallest absolute Gasteiger partial charge is 0.251 e. The van der Waals surface area contributed by atoms with Gasteiger partial charge >= 0.3 is 0 Å². The summed E-state index contributed by atoms with van der Waals surface area (Å²) < 4.78 is 6.97. The van der Waals surface area contributed by atoms with Crippen LogP contribution in [0.4, 0.5) is 0 Å². The number of carbonyl (C=O) groups is 2. The summed E-state index contributed by atoms with van der Waals surface area (Å²) in [7, 11) is 0. The fourth-order valence-corrected chi connectivity index (χ4v) is 3.90. The molecule has 0 saturated heterocycles. The summed E-state index contributed by atoms with van der Waals surface area (Å²) in [4.78, 5) is 25.5. The standard InChI is InChI=1S/C30H26BrN3O3/c31-26-17-15-22(16-18-26)21-37-28-14-8-7-13-25(28)20-32-34-29(35)19-27(23-9-3-1-4-10-23)33-30(36)24-11-5-2-6-12-24/h1-18,20,27H,19,21H2,(H,33,36)(H,34,35)/b32-20-/t27-/m0/s1. The lowest BCUT2D eigenvalue weighted by molar-refractivity contribution is -0.121. The van der Waals surface area contributed by atoms with Gasteiger partial charge in [0.2, 0.25) is 5.91 Å². The quantitative estimate of drug-likeness (QED) is 0.185. The highest BCUT2D eigenvalue weighted by Gasteiger charge is 2.19. The van der Waals surface area contributed by atoms with E-state index in [0.717, 1.165) is 21.2 Å². The van der Waals surface area contributed by atoms with E-state index in [1.54, 1.807) is 30.5 Å². The highest BCUT2D eigenvalue weighted by molar-refractivity contribution is 9.10. The van der Waals surface area contributed by atoms with Crippen molar-refractivity contribution in [1.29, 1.82) is 0 Å². The molecule has 0 radical (unpaired) electrons. The van der Waals surface area contributed by atoms with Crippen molar-refractivity contribution in [2.45, 2.75) is 19.1 Å². The average Bonchev–Trinajstić information content (AvgIpc) is 2.94. The number of hydrazone groups is 1. The first-order valence-electron chi connectivity index (χ1n) is 11.8. The summed E-state index contributed by atoms with van der Waals surface area (Å²) in [5.74, 6) is 0.0787. The summed E-state index contributed by atoms with van der Waals surface area (Å²) in [6, 6.07) is 33.2. The predicted octanol–water partition coefficient (Wildman–Crippen LogP) is 6.04. The van der Waals surface area contributed by atoms with E-state index in [1.807, 2.05) is 84.9 Å². The Bertz CT molecular complexity index is 1340. The summed E-state index contributed by atoms with van der Waals surface area (Å²) in [5, 5.41) is 7.09. The zero-order chi connectivity index (χ0) is 25.9. The molecular formula is C30H26BrN3O3. The largest absolute Gasteiger partial charge is 0.488 e. The molecule has 1 atom stereocenters. The Labute approximate surface area is 224 Å². The van der Waals surface area contributed by atoms with Crippen LogP contribution in [0.15, 0.2) is 119 Å². The molecule has 6 nitrogen and oxygen atoms in total. The van der Waals surface area contributed by atoms with Crippen LogP contribution in [0.2, 0.25) is 0 Å². The van der Waals surface area contributed by atoms with Crippen molar-refractivity contribution >= 4 is 34.0 Å². The molecule has 4 aromatic carbocycles. The Hall–Kier alpha value is -4.23. The Morgan fingerprint density at radius 2 is 1.49 bits per heavy atom. The number of hydrogen-bond acceptors (Lipinski definition) is 4. The summed E-state index contributed by atoms with van der Waals surface area (Å²) in [6.45, 7) is 0.407. The van der Waals surface area contributed by atoms with Gasteiger partial charge in [-0.05, 0) is 47.5 Å². The zero-order valence-corrected chi connectivity index (χ0v) is 21.6. The first-order chi connectivity index (χ1) is 18.1. The van der Waals surface area contributed by atoms with Crippen LogP contribution < -0.4 is 15.5 Å². The van der Waals surface area contributed by atoms with Gasteiger partial charge in [0.15, 0.2) is 0 Å². The number of benzene rings is 4. The van der Waals surface area contributed by atoms with Crippen molar-refractivity contribution in [3.05, 3.63) is 136 Å². The summed E-state index contributed by atoms with van der Waals surface area (Å²) in [5.41, 5.74) is 5.70. The minimum absolute atomic E-state index is 0.0294. The molecule has 0 aliphatic rings. The number of nitrogens with one attached hydrogen (secondary N) is 2. The number of amides is 2. The zero-order valence-electron chi connectivity index (χ0n) is 20.0. The molecule has 4 aromatic rings. The van der Waals surface area contributed by atoms with Crippen molar-refractivity contribution in [2.24, 2.45) is 5.10 Å². The third kappa shape index (κ3) is 7.88. The average molecular weight is 556 g/mol. The maximum Gasteiger partial charge on any atom is 0.251 e. The molecule has 0 bridgehead atoms. The van der Waals surface area contributed by atoms with Gasteiger partial charge in [-0.1, -0.05) is 88.7 Å². The topological polar surface area (TPSA) is 79.8 Å². The van der Waals surface area contributed by atoms with Gasteiger partial charge in [0.25, 0.3) is 5.91 Å². The van der Waals surface area contributed by atoms with Crippen LogP contribution >= 0.6 is 15.9 Å². The van der Waals surface area contributed by atoms with Crippen molar-refractivity contribution in [3.8, 4) is 5.75 Å². The maximum atomic E-state index is 12.7. The molecule has 0 spiro atoms. The van der Waals surface area contributed by atoms with Gasteiger partial charge in [0.05, 0.1) is 18.7 Å². The molecule has 0 aliphatic carbocycles. The Morgan fingerprint density at radius 3 is 2.22 bits per heavy atom. The van der Waals surface area contributed by atoms with Crippen molar-refractivity contribution in [3.63, 3.8) is 0 Å². The number of para-hydroxylation sites is 1. The molecule has 2 N–H and O–H groups in total. The van der Waals surface area contributed by atoms with E-state index in [2.05, 4.69) is 31.8 Å². The highest BCUT2D eigenvalue weighted by Crippen LogP contribution is 2.20. The molecule has 0 unspecified atom stereocenters. The van der Waals surface area contributed by atoms with Crippen molar-refractivity contribution in [1.82, 2.24) is 10.7 Å². The molecule has 0 aliphatic heterocycles. The van der Waals surface area contributed by atoms with Crippen LogP contribution in [0, 0.1) is 0 Å². The number of halogens is 1. The van der Waals surface area contributed by atoms with Crippen LogP contribution in [0.25, 0.3) is 0 Å². The number of nitrogens with zero attached hydrogens (tertiary/aromatic N) is 1. The monoisotopic (exact) mass is 555 g/mol. The highest BCUT2D eigenvalue weighted by atomic mass is 79.9. The van der Waals surface area contributed by atoms with Crippen LogP contribution in [-0.2, 0) is 11.4 Å². The van der Waals surface area contributed by atoms with Gasteiger partial charge in [0.1, 0.15) is 12.4 Å². The summed E-state index contributed by atoms with van der Waals surface area (Å²) in [6.07, 6.45) is 1.58. The van der Waals surface area contributed by atoms with E-state index in [4.69, 9.17) is 4.74 Å². The minimum Gasteiger partial charge on any atom is -0.488 e. The molecular weight excluding hydrogens is 530 g/mol. The van der Waals surface area contributed by atoms with Gasteiger partial charge in [-0.25, -0.2) is 5.43 Å². The maximum absolute atomic E-state index is 12.7. The van der Waals surface area contributed by atoms with Crippen molar-refractivity contribution < 1.29 is 14.3 Å². The second-order valence-corrected chi connectivity index (χ2v) is 9.17. The number of rotatable bonds is 10. The minimum atomic E-state index is -0.509. The molecule has 37 heavy (non-hydrogen) atoms.